The van der Waals surface area contributed by atoms with Crippen LogP contribution in [0.2, 0.25) is 0 Å². The lowest BCUT2D eigenvalue weighted by Crippen LogP contribution is -2.29. The number of rotatable bonds is 7. The Bertz CT molecular complexity index is 823. The molecule has 0 aliphatic rings. The molecule has 126 valence electrons. The number of aromatic amines is 1. The minimum atomic E-state index is -3.76. The fourth-order valence-electron chi connectivity index (χ4n) is 1.92. The van der Waals surface area contributed by atoms with Gasteiger partial charge in [0.2, 0.25) is 5.43 Å². The van der Waals surface area contributed by atoms with E-state index in [0.29, 0.717) is 6.61 Å². The van der Waals surface area contributed by atoms with Crippen LogP contribution in [0.4, 0.5) is 0 Å². The molecule has 2 rings (SSSR count). The van der Waals surface area contributed by atoms with Gasteiger partial charge in [0.05, 0.1) is 6.61 Å². The first-order chi connectivity index (χ1) is 10.9. The third-order valence-electron chi connectivity index (χ3n) is 3.20. The van der Waals surface area contributed by atoms with Crippen LogP contribution in [-0.2, 0) is 10.2 Å². The van der Waals surface area contributed by atoms with Gasteiger partial charge in [-0.15, -0.1) is 0 Å². The van der Waals surface area contributed by atoms with Crippen LogP contribution in [0.3, 0.4) is 0 Å². The summed E-state index contributed by atoms with van der Waals surface area (Å²) in [5.41, 5.74) is -0.0873. The van der Waals surface area contributed by atoms with Gasteiger partial charge in [-0.2, -0.15) is 12.7 Å². The molecule has 0 spiro atoms. The van der Waals surface area contributed by atoms with Gasteiger partial charge in [0.1, 0.15) is 5.69 Å². The van der Waals surface area contributed by atoms with Gasteiger partial charge in [-0.3, -0.25) is 4.79 Å². The van der Waals surface area contributed by atoms with Gasteiger partial charge in [0.25, 0.3) is 0 Å². The second kappa shape index (κ2) is 6.97. The van der Waals surface area contributed by atoms with Crippen molar-refractivity contribution in [2.45, 2.75) is 19.8 Å². The first kappa shape index (κ1) is 17.2. The number of ether oxygens (including phenoxy) is 1. The van der Waals surface area contributed by atoms with Crippen LogP contribution in [0.25, 0.3) is 11.5 Å². The molecule has 2 heterocycles. The van der Waals surface area contributed by atoms with E-state index in [1.807, 2.05) is 6.92 Å². The molecule has 0 amide bonds. The molecule has 0 radical (unpaired) electrons. The number of hydrogen-bond donors (Lipinski definition) is 1. The number of aromatic nitrogens is 3. The van der Waals surface area contributed by atoms with E-state index in [-0.39, 0.29) is 22.7 Å². The first-order valence-electron chi connectivity index (χ1n) is 7.20. The fraction of sp³-hybridized carbons (Fsp3) is 0.429. The molecular weight excluding hydrogens is 320 g/mol. The smallest absolute Gasteiger partial charge is 0.308 e. The van der Waals surface area contributed by atoms with Crippen molar-refractivity contribution in [2.24, 2.45) is 0 Å². The average Bonchev–Trinajstić information content (AvgIpc) is 2.99. The highest BCUT2D eigenvalue weighted by Gasteiger charge is 2.24. The number of unbranched alkanes of at least 4 members (excludes halogenated alkanes) is 1. The highest BCUT2D eigenvalue weighted by Crippen LogP contribution is 2.24. The van der Waals surface area contributed by atoms with Gasteiger partial charge in [-0.1, -0.05) is 13.3 Å². The molecular formula is C14H20N4O4S. The molecule has 2 aromatic heterocycles. The van der Waals surface area contributed by atoms with Crippen molar-refractivity contribution in [1.82, 2.24) is 18.2 Å². The Balaban J connectivity index is 2.55. The predicted molar refractivity (Wildman–Crippen MR) is 86.7 cm³/mol. The summed E-state index contributed by atoms with van der Waals surface area (Å²) in [6, 6.07) is 1.33. The maximum absolute atomic E-state index is 12.4. The normalized spacial score (nSPS) is 11.8. The van der Waals surface area contributed by atoms with E-state index in [1.54, 1.807) is 0 Å². The van der Waals surface area contributed by atoms with E-state index in [1.165, 1.54) is 38.8 Å². The van der Waals surface area contributed by atoms with Gasteiger partial charge in [-0.25, -0.2) is 8.96 Å². The number of nitrogens with one attached hydrogen (secondary N) is 1. The largest absolute Gasteiger partial charge is 0.487 e. The maximum atomic E-state index is 12.4. The molecule has 0 aromatic carbocycles. The predicted octanol–water partition coefficient (Wildman–Crippen LogP) is 1.07. The average molecular weight is 340 g/mol. The summed E-state index contributed by atoms with van der Waals surface area (Å²) in [5, 5.41) is 0. The Morgan fingerprint density at radius 3 is 2.78 bits per heavy atom. The van der Waals surface area contributed by atoms with Crippen LogP contribution < -0.4 is 10.2 Å². The Kier molecular flexibility index (Phi) is 5.22. The molecule has 0 bridgehead atoms. The van der Waals surface area contributed by atoms with Crippen LogP contribution >= 0.6 is 0 Å². The number of pyridine rings is 1. The molecule has 23 heavy (non-hydrogen) atoms. The molecule has 0 atom stereocenters. The van der Waals surface area contributed by atoms with Gasteiger partial charge >= 0.3 is 10.2 Å². The van der Waals surface area contributed by atoms with Crippen LogP contribution in [0.1, 0.15) is 19.8 Å². The zero-order valence-electron chi connectivity index (χ0n) is 13.3. The van der Waals surface area contributed by atoms with Crippen molar-refractivity contribution in [3.63, 3.8) is 0 Å². The summed E-state index contributed by atoms with van der Waals surface area (Å²) in [6.07, 6.45) is 5.83. The summed E-state index contributed by atoms with van der Waals surface area (Å²) < 4.78 is 32.3. The van der Waals surface area contributed by atoms with E-state index in [4.69, 9.17) is 4.74 Å². The molecule has 0 fully saturated rings. The standard InChI is InChI=1S/C14H20N4O4S/c1-4-5-10-22-13-11(19)6-7-15-12(13)14-16-8-9-18(14)23(20,21)17(2)3/h6-9H,4-5,10H2,1-3H3,(H,15,19). The summed E-state index contributed by atoms with van der Waals surface area (Å²) >= 11 is 0. The zero-order chi connectivity index (χ0) is 17.0. The lowest BCUT2D eigenvalue weighted by molar-refractivity contribution is 0.306. The van der Waals surface area contributed by atoms with E-state index >= 15 is 0 Å². The Labute approximate surface area is 134 Å². The van der Waals surface area contributed by atoms with Crippen LogP contribution in [-0.4, -0.2) is 47.4 Å². The van der Waals surface area contributed by atoms with E-state index in [9.17, 15) is 13.2 Å². The number of nitrogens with zero attached hydrogens (tertiary/aromatic N) is 3. The third kappa shape index (κ3) is 3.45. The van der Waals surface area contributed by atoms with E-state index < -0.39 is 10.2 Å². The van der Waals surface area contributed by atoms with E-state index in [2.05, 4.69) is 9.97 Å². The molecule has 0 unspecified atom stereocenters. The monoisotopic (exact) mass is 340 g/mol. The minimum absolute atomic E-state index is 0.0716. The second-order valence-electron chi connectivity index (χ2n) is 5.08. The topological polar surface area (TPSA) is 97.3 Å². The van der Waals surface area contributed by atoms with Crippen LogP contribution in [0.5, 0.6) is 5.75 Å². The van der Waals surface area contributed by atoms with Crippen molar-refractivity contribution >= 4 is 10.2 Å². The first-order valence-corrected chi connectivity index (χ1v) is 8.60. The number of H-pyrrole nitrogens is 1. The van der Waals surface area contributed by atoms with E-state index in [0.717, 1.165) is 21.1 Å². The number of imidazole rings is 1. The van der Waals surface area contributed by atoms with Gasteiger partial charge < -0.3 is 9.72 Å². The van der Waals surface area contributed by atoms with Gasteiger partial charge in [-0.05, 0) is 6.42 Å². The van der Waals surface area contributed by atoms with Crippen molar-refractivity contribution in [3.8, 4) is 17.3 Å². The lowest BCUT2D eigenvalue weighted by Gasteiger charge is -2.15. The lowest BCUT2D eigenvalue weighted by atomic mass is 10.3. The summed E-state index contributed by atoms with van der Waals surface area (Å²) in [5.74, 6) is 0.172. The van der Waals surface area contributed by atoms with Crippen LogP contribution in [0.15, 0.2) is 29.5 Å². The van der Waals surface area contributed by atoms with Gasteiger partial charge in [0.15, 0.2) is 11.6 Å². The molecule has 9 heteroatoms. The molecule has 2 aromatic rings. The highest BCUT2D eigenvalue weighted by molar-refractivity contribution is 7.87. The molecule has 1 N–H and O–H groups in total. The molecule has 0 saturated heterocycles. The van der Waals surface area contributed by atoms with Crippen molar-refractivity contribution in [3.05, 3.63) is 34.9 Å². The Morgan fingerprint density at radius 2 is 2.13 bits per heavy atom. The Morgan fingerprint density at radius 1 is 1.39 bits per heavy atom. The Hall–Kier alpha value is -2.13. The highest BCUT2D eigenvalue weighted by atomic mass is 32.2. The van der Waals surface area contributed by atoms with Crippen molar-refractivity contribution in [2.75, 3.05) is 20.7 Å². The molecule has 0 saturated carbocycles. The fourth-order valence-corrected chi connectivity index (χ4v) is 2.84. The summed E-state index contributed by atoms with van der Waals surface area (Å²) in [6.45, 7) is 2.38. The van der Waals surface area contributed by atoms with Gasteiger partial charge in [0, 0.05) is 38.8 Å². The maximum Gasteiger partial charge on any atom is 0.308 e. The van der Waals surface area contributed by atoms with Crippen molar-refractivity contribution < 1.29 is 13.2 Å². The molecule has 8 nitrogen and oxygen atoms in total. The summed E-state index contributed by atoms with van der Waals surface area (Å²) in [4.78, 5) is 19.0. The SMILES string of the molecule is CCCCOc1c(-c2nccn2S(=O)(=O)N(C)C)[nH]ccc1=O. The number of hydrogen-bond acceptors (Lipinski definition) is 5. The molecule has 0 aliphatic carbocycles. The summed E-state index contributed by atoms with van der Waals surface area (Å²) in [7, 11) is -0.913. The quantitative estimate of drug-likeness (QED) is 0.761. The van der Waals surface area contributed by atoms with Crippen molar-refractivity contribution in [1.29, 1.82) is 0 Å². The second-order valence-corrected chi connectivity index (χ2v) is 7.10. The zero-order valence-corrected chi connectivity index (χ0v) is 14.1. The third-order valence-corrected chi connectivity index (χ3v) is 4.91. The van der Waals surface area contributed by atoms with Crippen LogP contribution in [0, 0.1) is 0 Å². The molecule has 0 aliphatic heterocycles. The minimum Gasteiger partial charge on any atom is -0.487 e.